The summed E-state index contributed by atoms with van der Waals surface area (Å²) in [5, 5.41) is 1.08. The molecule has 0 amide bonds. The Labute approximate surface area is 118 Å². The molecule has 100 valence electrons. The first kappa shape index (κ1) is 13.7. The molecular formula is C15H18N2OS. The van der Waals surface area contributed by atoms with Gasteiger partial charge >= 0.3 is 0 Å². The molecule has 2 N–H and O–H groups in total. The van der Waals surface area contributed by atoms with Crippen LogP contribution >= 0.6 is 12.2 Å². The lowest BCUT2D eigenvalue weighted by atomic mass is 10.1. The molecule has 0 atom stereocenters. The van der Waals surface area contributed by atoms with E-state index in [4.69, 9.17) is 22.7 Å². The summed E-state index contributed by atoms with van der Waals surface area (Å²) < 4.78 is 5.71. The van der Waals surface area contributed by atoms with Crippen molar-refractivity contribution in [3.05, 3.63) is 35.5 Å². The Morgan fingerprint density at radius 1 is 1.37 bits per heavy atom. The van der Waals surface area contributed by atoms with E-state index in [1.807, 2.05) is 31.2 Å². The van der Waals surface area contributed by atoms with Gasteiger partial charge in [0.15, 0.2) is 0 Å². The van der Waals surface area contributed by atoms with Crippen LogP contribution in [0.15, 0.2) is 24.3 Å². The monoisotopic (exact) mass is 274 g/mol. The molecule has 0 radical (unpaired) electrons. The van der Waals surface area contributed by atoms with Crippen LogP contribution in [0.5, 0.6) is 5.75 Å². The molecule has 0 saturated heterocycles. The van der Waals surface area contributed by atoms with Crippen LogP contribution in [0.25, 0.3) is 10.9 Å². The zero-order chi connectivity index (χ0) is 13.8. The standard InChI is InChI=1S/C15H18N2OS/c1-3-4-7-18-11-5-6-13-12(9-11)10(2)8-14(17-13)15(16)19/h5-6,8-9H,3-4,7H2,1-2H3,(H2,16,19). The summed E-state index contributed by atoms with van der Waals surface area (Å²) >= 11 is 4.97. The van der Waals surface area contributed by atoms with Gasteiger partial charge in [-0.3, -0.25) is 0 Å². The number of aromatic nitrogens is 1. The van der Waals surface area contributed by atoms with E-state index in [1.54, 1.807) is 0 Å². The highest BCUT2D eigenvalue weighted by molar-refractivity contribution is 7.80. The number of nitrogens with zero attached hydrogens (tertiary/aromatic N) is 1. The molecule has 0 unspecified atom stereocenters. The maximum absolute atomic E-state index is 5.71. The molecular weight excluding hydrogens is 256 g/mol. The molecule has 1 aromatic carbocycles. The zero-order valence-electron chi connectivity index (χ0n) is 11.3. The Kier molecular flexibility index (Phi) is 4.32. The third kappa shape index (κ3) is 3.20. The number of pyridine rings is 1. The molecule has 1 aromatic heterocycles. The number of ether oxygens (including phenoxy) is 1. The van der Waals surface area contributed by atoms with Crippen molar-refractivity contribution >= 4 is 28.1 Å². The summed E-state index contributed by atoms with van der Waals surface area (Å²) in [4.78, 5) is 4.78. The minimum Gasteiger partial charge on any atom is -0.494 e. The molecule has 0 aliphatic rings. The Hall–Kier alpha value is -1.68. The second-order valence-electron chi connectivity index (χ2n) is 4.57. The minimum atomic E-state index is 0.327. The van der Waals surface area contributed by atoms with Crippen molar-refractivity contribution in [3.8, 4) is 5.75 Å². The van der Waals surface area contributed by atoms with E-state index in [0.29, 0.717) is 10.7 Å². The molecule has 0 bridgehead atoms. The van der Waals surface area contributed by atoms with Crippen LogP contribution < -0.4 is 10.5 Å². The normalized spacial score (nSPS) is 10.6. The van der Waals surface area contributed by atoms with Crippen molar-refractivity contribution < 1.29 is 4.74 Å². The van der Waals surface area contributed by atoms with Crippen LogP contribution in [-0.2, 0) is 0 Å². The Balaban J connectivity index is 2.35. The van der Waals surface area contributed by atoms with Crippen LogP contribution in [0.3, 0.4) is 0 Å². The number of benzene rings is 1. The summed E-state index contributed by atoms with van der Waals surface area (Å²) in [6, 6.07) is 7.83. The van der Waals surface area contributed by atoms with E-state index in [1.165, 1.54) is 0 Å². The number of unbranched alkanes of at least 4 members (excludes halogenated alkanes) is 1. The highest BCUT2D eigenvalue weighted by atomic mass is 32.1. The average Bonchev–Trinajstić information content (AvgIpc) is 2.39. The van der Waals surface area contributed by atoms with Gasteiger partial charge in [0.1, 0.15) is 10.7 Å². The Bertz CT molecular complexity index is 610. The molecule has 3 nitrogen and oxygen atoms in total. The number of thiocarbonyl (C=S) groups is 1. The molecule has 0 aliphatic carbocycles. The van der Waals surface area contributed by atoms with Gasteiger partial charge in [-0.2, -0.15) is 0 Å². The highest BCUT2D eigenvalue weighted by Gasteiger charge is 2.06. The molecule has 0 aliphatic heterocycles. The fourth-order valence-electron chi connectivity index (χ4n) is 1.92. The summed E-state index contributed by atoms with van der Waals surface area (Å²) in [7, 11) is 0. The number of fused-ring (bicyclic) bond motifs is 1. The van der Waals surface area contributed by atoms with Crippen molar-refractivity contribution in [3.63, 3.8) is 0 Å². The lowest BCUT2D eigenvalue weighted by molar-refractivity contribution is 0.310. The average molecular weight is 274 g/mol. The first-order valence-corrected chi connectivity index (χ1v) is 6.86. The van der Waals surface area contributed by atoms with Gasteiger partial charge in [0.25, 0.3) is 0 Å². The van der Waals surface area contributed by atoms with E-state index < -0.39 is 0 Å². The van der Waals surface area contributed by atoms with Crippen molar-refractivity contribution in [1.29, 1.82) is 0 Å². The molecule has 2 aromatic rings. The van der Waals surface area contributed by atoms with Gasteiger partial charge in [0, 0.05) is 5.39 Å². The topological polar surface area (TPSA) is 48.1 Å². The number of aryl methyl sites for hydroxylation is 1. The van der Waals surface area contributed by atoms with Gasteiger partial charge in [-0.25, -0.2) is 4.98 Å². The van der Waals surface area contributed by atoms with Crippen LogP contribution in [0, 0.1) is 6.92 Å². The zero-order valence-corrected chi connectivity index (χ0v) is 12.1. The first-order valence-electron chi connectivity index (χ1n) is 6.46. The number of rotatable bonds is 5. The smallest absolute Gasteiger partial charge is 0.122 e. The van der Waals surface area contributed by atoms with Crippen molar-refractivity contribution in [1.82, 2.24) is 4.98 Å². The SMILES string of the molecule is CCCCOc1ccc2nc(C(N)=S)cc(C)c2c1. The number of nitrogens with two attached hydrogens (primary N) is 1. The summed E-state index contributed by atoms with van der Waals surface area (Å²) in [5.41, 5.74) is 8.29. The summed E-state index contributed by atoms with van der Waals surface area (Å²) in [5.74, 6) is 0.883. The second kappa shape index (κ2) is 5.97. The van der Waals surface area contributed by atoms with Crippen molar-refractivity contribution in [2.75, 3.05) is 6.61 Å². The van der Waals surface area contributed by atoms with E-state index in [-0.39, 0.29) is 0 Å². The molecule has 0 spiro atoms. The number of hydrogen-bond acceptors (Lipinski definition) is 3. The van der Waals surface area contributed by atoms with Crippen LogP contribution in [-0.4, -0.2) is 16.6 Å². The fourth-order valence-corrected chi connectivity index (χ4v) is 2.03. The summed E-state index contributed by atoms with van der Waals surface area (Å²) in [6.07, 6.45) is 2.20. The third-order valence-electron chi connectivity index (χ3n) is 3.01. The van der Waals surface area contributed by atoms with Crippen molar-refractivity contribution in [2.45, 2.75) is 26.7 Å². The molecule has 2 rings (SSSR count). The molecule has 19 heavy (non-hydrogen) atoms. The lowest BCUT2D eigenvalue weighted by Crippen LogP contribution is -2.11. The molecule has 0 fully saturated rings. The predicted molar refractivity (Wildman–Crippen MR) is 82.8 cm³/mol. The van der Waals surface area contributed by atoms with Gasteiger partial charge in [0.2, 0.25) is 0 Å². The van der Waals surface area contributed by atoms with Gasteiger partial charge in [-0.15, -0.1) is 0 Å². The quantitative estimate of drug-likeness (QED) is 0.671. The maximum atomic E-state index is 5.71. The van der Waals surface area contributed by atoms with Crippen LogP contribution in [0.2, 0.25) is 0 Å². The van der Waals surface area contributed by atoms with Gasteiger partial charge in [0.05, 0.1) is 17.8 Å². The van der Waals surface area contributed by atoms with Gasteiger partial charge in [-0.1, -0.05) is 25.6 Å². The fraction of sp³-hybridized carbons (Fsp3) is 0.333. The number of hydrogen-bond donors (Lipinski definition) is 1. The van der Waals surface area contributed by atoms with E-state index >= 15 is 0 Å². The third-order valence-corrected chi connectivity index (χ3v) is 3.22. The molecule has 4 heteroatoms. The van der Waals surface area contributed by atoms with E-state index in [2.05, 4.69) is 11.9 Å². The van der Waals surface area contributed by atoms with Gasteiger partial charge < -0.3 is 10.5 Å². The minimum absolute atomic E-state index is 0.327. The molecule has 0 saturated carbocycles. The molecule has 1 heterocycles. The summed E-state index contributed by atoms with van der Waals surface area (Å²) in [6.45, 7) is 4.93. The van der Waals surface area contributed by atoms with E-state index in [0.717, 1.165) is 41.7 Å². The van der Waals surface area contributed by atoms with Gasteiger partial charge in [-0.05, 0) is 43.2 Å². The second-order valence-corrected chi connectivity index (χ2v) is 5.01. The first-order chi connectivity index (χ1) is 9.11. The maximum Gasteiger partial charge on any atom is 0.122 e. The van der Waals surface area contributed by atoms with Crippen molar-refractivity contribution in [2.24, 2.45) is 5.73 Å². The van der Waals surface area contributed by atoms with E-state index in [9.17, 15) is 0 Å². The lowest BCUT2D eigenvalue weighted by Gasteiger charge is -2.09. The Morgan fingerprint density at radius 3 is 2.84 bits per heavy atom. The predicted octanol–water partition coefficient (Wildman–Crippen LogP) is 3.36. The van der Waals surface area contributed by atoms with Crippen LogP contribution in [0.1, 0.15) is 31.0 Å². The van der Waals surface area contributed by atoms with Crippen LogP contribution in [0.4, 0.5) is 0 Å². The highest BCUT2D eigenvalue weighted by Crippen LogP contribution is 2.23. The largest absolute Gasteiger partial charge is 0.494 e. The Morgan fingerprint density at radius 2 is 2.16 bits per heavy atom.